The summed E-state index contributed by atoms with van der Waals surface area (Å²) >= 11 is 0. The third kappa shape index (κ3) is 4.09. The van der Waals surface area contributed by atoms with Crippen molar-refractivity contribution < 1.29 is 14.3 Å². The lowest BCUT2D eigenvalue weighted by Gasteiger charge is -2.47. The number of hydrogen-bond acceptors (Lipinski definition) is 4. The number of likely N-dealkylation sites (tertiary alicyclic amines) is 2. The molecule has 2 aliphatic rings. The Labute approximate surface area is 155 Å². The van der Waals surface area contributed by atoms with E-state index in [0.717, 1.165) is 51.9 Å². The zero-order valence-corrected chi connectivity index (χ0v) is 15.9. The van der Waals surface area contributed by atoms with Gasteiger partial charge >= 0.3 is 0 Å². The lowest BCUT2D eigenvalue weighted by Crippen LogP contribution is -2.53. The molecule has 26 heavy (non-hydrogen) atoms. The van der Waals surface area contributed by atoms with E-state index in [0.29, 0.717) is 13.0 Å². The number of methoxy groups -OCH3 is 1. The number of carbonyl (C=O) groups is 2. The molecule has 2 fully saturated rings. The molecule has 1 spiro atoms. The van der Waals surface area contributed by atoms with Crippen molar-refractivity contribution in [2.24, 2.45) is 5.41 Å². The summed E-state index contributed by atoms with van der Waals surface area (Å²) in [4.78, 5) is 33.0. The van der Waals surface area contributed by atoms with Gasteiger partial charge in [-0.1, -0.05) is 0 Å². The predicted molar refractivity (Wildman–Crippen MR) is 97.5 cm³/mol. The van der Waals surface area contributed by atoms with Crippen molar-refractivity contribution in [3.8, 4) is 0 Å². The first-order valence-electron chi connectivity index (χ1n) is 9.58. The zero-order valence-electron chi connectivity index (χ0n) is 15.9. The van der Waals surface area contributed by atoms with Gasteiger partial charge in [0.2, 0.25) is 11.8 Å². The fraction of sp³-hybridized carbons (Fsp3) is 0.737. The van der Waals surface area contributed by atoms with Crippen LogP contribution in [0.5, 0.6) is 0 Å². The second kappa shape index (κ2) is 8.20. The van der Waals surface area contributed by atoms with Crippen LogP contribution < -0.4 is 0 Å². The molecule has 2 saturated heterocycles. The van der Waals surface area contributed by atoms with E-state index in [1.165, 1.54) is 0 Å². The summed E-state index contributed by atoms with van der Waals surface area (Å²) in [5.74, 6) is 0.417. The summed E-state index contributed by atoms with van der Waals surface area (Å²) in [7, 11) is 1.69. The largest absolute Gasteiger partial charge is 0.385 e. The zero-order chi connectivity index (χ0) is 18.6. The van der Waals surface area contributed by atoms with E-state index < -0.39 is 0 Å². The van der Waals surface area contributed by atoms with E-state index in [4.69, 9.17) is 4.74 Å². The maximum atomic E-state index is 12.8. The monoisotopic (exact) mass is 362 g/mol. The minimum absolute atomic E-state index is 0.154. The highest BCUT2D eigenvalue weighted by molar-refractivity contribution is 5.80. The number of ether oxygens (including phenoxy) is 1. The highest BCUT2D eigenvalue weighted by Crippen LogP contribution is 2.40. The topological polar surface area (TPSA) is 67.7 Å². The van der Waals surface area contributed by atoms with Crippen molar-refractivity contribution in [1.82, 2.24) is 19.4 Å². The Morgan fingerprint density at radius 2 is 2.12 bits per heavy atom. The number of hydrogen-bond donors (Lipinski definition) is 0. The van der Waals surface area contributed by atoms with Gasteiger partial charge in [-0.15, -0.1) is 0 Å². The van der Waals surface area contributed by atoms with E-state index in [1.807, 2.05) is 27.5 Å². The van der Waals surface area contributed by atoms with Gasteiger partial charge in [0.1, 0.15) is 6.04 Å². The average Bonchev–Trinajstić information content (AvgIpc) is 3.19. The summed E-state index contributed by atoms with van der Waals surface area (Å²) in [6.07, 6.45) is 9.64. The molecule has 2 aliphatic heterocycles. The van der Waals surface area contributed by atoms with Crippen LogP contribution in [0.3, 0.4) is 0 Å². The van der Waals surface area contributed by atoms with E-state index in [-0.39, 0.29) is 23.3 Å². The van der Waals surface area contributed by atoms with Gasteiger partial charge in [-0.2, -0.15) is 0 Å². The van der Waals surface area contributed by atoms with Gasteiger partial charge in [0.15, 0.2) is 0 Å². The van der Waals surface area contributed by atoms with Crippen LogP contribution in [0, 0.1) is 5.41 Å². The standard InChI is InChI=1S/C19H30N4O3/c1-16(23-12-8-20-15-23)18(25)21-10-6-19(7-11-21)5-4-17(24)22(14-19)9-3-13-26-2/h8,12,15-16H,3-7,9-11,13-14H2,1-2H3/t16-/m1/s1. The minimum atomic E-state index is -0.218. The Morgan fingerprint density at radius 3 is 2.77 bits per heavy atom. The van der Waals surface area contributed by atoms with Crippen molar-refractivity contribution >= 4 is 11.8 Å². The molecule has 0 bridgehead atoms. The maximum absolute atomic E-state index is 12.8. The molecule has 0 saturated carbocycles. The molecule has 1 aromatic rings. The van der Waals surface area contributed by atoms with Crippen LogP contribution in [0.1, 0.15) is 45.1 Å². The second-order valence-corrected chi connectivity index (χ2v) is 7.67. The third-order valence-corrected chi connectivity index (χ3v) is 5.99. The van der Waals surface area contributed by atoms with Crippen LogP contribution in [-0.4, -0.2) is 71.1 Å². The van der Waals surface area contributed by atoms with Gasteiger partial charge in [-0.25, -0.2) is 4.98 Å². The van der Waals surface area contributed by atoms with Crippen LogP contribution in [0.25, 0.3) is 0 Å². The number of imidazole rings is 1. The van der Waals surface area contributed by atoms with Crippen molar-refractivity contribution in [2.75, 3.05) is 39.9 Å². The average molecular weight is 362 g/mol. The first kappa shape index (κ1) is 18.9. The lowest BCUT2D eigenvalue weighted by molar-refractivity contribution is -0.143. The quantitative estimate of drug-likeness (QED) is 0.723. The summed E-state index contributed by atoms with van der Waals surface area (Å²) < 4.78 is 6.96. The van der Waals surface area contributed by atoms with Gasteiger partial charge in [0.25, 0.3) is 0 Å². The Hall–Kier alpha value is -1.89. The molecule has 3 rings (SSSR count). The van der Waals surface area contributed by atoms with E-state index >= 15 is 0 Å². The summed E-state index contributed by atoms with van der Waals surface area (Å²) in [5.41, 5.74) is 0.177. The molecule has 0 N–H and O–H groups in total. The predicted octanol–water partition coefficient (Wildman–Crippen LogP) is 1.71. The van der Waals surface area contributed by atoms with E-state index in [1.54, 1.807) is 19.6 Å². The van der Waals surface area contributed by atoms with Crippen LogP contribution >= 0.6 is 0 Å². The van der Waals surface area contributed by atoms with E-state index in [9.17, 15) is 9.59 Å². The molecule has 0 unspecified atom stereocenters. The SMILES string of the molecule is COCCCN1CC2(CCC1=O)CCN(C(=O)[C@@H](C)n1ccnc1)CC2. The second-order valence-electron chi connectivity index (χ2n) is 7.67. The van der Waals surface area contributed by atoms with Crippen LogP contribution in [0.2, 0.25) is 0 Å². The third-order valence-electron chi connectivity index (χ3n) is 5.99. The summed E-state index contributed by atoms with van der Waals surface area (Å²) in [6.45, 7) is 5.76. The van der Waals surface area contributed by atoms with Gasteiger partial charge in [0.05, 0.1) is 6.33 Å². The Bertz CT molecular complexity index is 608. The number of carbonyl (C=O) groups excluding carboxylic acids is 2. The van der Waals surface area contributed by atoms with Gasteiger partial charge in [0, 0.05) is 58.7 Å². The molecule has 144 valence electrons. The number of nitrogens with zero attached hydrogens (tertiary/aromatic N) is 4. The molecule has 0 aliphatic carbocycles. The molecule has 0 radical (unpaired) electrons. The Balaban J connectivity index is 1.55. The molecule has 2 amide bonds. The van der Waals surface area contributed by atoms with Crippen molar-refractivity contribution in [1.29, 1.82) is 0 Å². The summed E-state index contributed by atoms with van der Waals surface area (Å²) in [5, 5.41) is 0. The molecule has 1 atom stereocenters. The molecular weight excluding hydrogens is 332 g/mol. The highest BCUT2D eigenvalue weighted by Gasteiger charge is 2.41. The minimum Gasteiger partial charge on any atom is -0.385 e. The number of piperidine rings is 2. The first-order valence-corrected chi connectivity index (χ1v) is 9.58. The number of rotatable bonds is 6. The van der Waals surface area contributed by atoms with Gasteiger partial charge in [-0.05, 0) is 38.0 Å². The van der Waals surface area contributed by atoms with Crippen LogP contribution in [0.15, 0.2) is 18.7 Å². The molecular formula is C19H30N4O3. The fourth-order valence-corrected chi connectivity index (χ4v) is 4.21. The van der Waals surface area contributed by atoms with Crippen molar-refractivity contribution in [2.45, 2.75) is 45.1 Å². The highest BCUT2D eigenvalue weighted by atomic mass is 16.5. The van der Waals surface area contributed by atoms with Crippen molar-refractivity contribution in [3.05, 3.63) is 18.7 Å². The molecule has 7 nitrogen and oxygen atoms in total. The fourth-order valence-electron chi connectivity index (χ4n) is 4.21. The molecule has 1 aromatic heterocycles. The molecule has 0 aromatic carbocycles. The Kier molecular flexibility index (Phi) is 5.96. The van der Waals surface area contributed by atoms with E-state index in [2.05, 4.69) is 4.98 Å². The first-order chi connectivity index (χ1) is 12.5. The smallest absolute Gasteiger partial charge is 0.245 e. The normalized spacial score (nSPS) is 21.2. The number of amides is 2. The molecule has 3 heterocycles. The maximum Gasteiger partial charge on any atom is 0.245 e. The Morgan fingerprint density at radius 1 is 1.35 bits per heavy atom. The van der Waals surface area contributed by atoms with Gasteiger partial charge in [-0.3, -0.25) is 9.59 Å². The molecule has 7 heteroatoms. The summed E-state index contributed by atoms with van der Waals surface area (Å²) in [6, 6.07) is -0.218. The van der Waals surface area contributed by atoms with Crippen molar-refractivity contribution in [3.63, 3.8) is 0 Å². The van der Waals surface area contributed by atoms with Gasteiger partial charge < -0.3 is 19.1 Å². The van der Waals surface area contributed by atoms with Crippen LogP contribution in [-0.2, 0) is 14.3 Å². The lowest BCUT2D eigenvalue weighted by atomic mass is 9.72. The van der Waals surface area contributed by atoms with Crippen LogP contribution in [0.4, 0.5) is 0 Å². The number of aromatic nitrogens is 2.